The van der Waals surface area contributed by atoms with Crippen LogP contribution in [0.2, 0.25) is 0 Å². The van der Waals surface area contributed by atoms with Crippen LogP contribution < -0.4 is 10.6 Å². The van der Waals surface area contributed by atoms with Gasteiger partial charge in [-0.05, 0) is 31.0 Å². The molecule has 1 fully saturated rings. The van der Waals surface area contributed by atoms with E-state index in [9.17, 15) is 9.90 Å². The van der Waals surface area contributed by atoms with Gasteiger partial charge in [0.1, 0.15) is 0 Å². The highest BCUT2D eigenvalue weighted by Crippen LogP contribution is 2.26. The van der Waals surface area contributed by atoms with Gasteiger partial charge in [-0.3, -0.25) is 4.79 Å². The van der Waals surface area contributed by atoms with Crippen LogP contribution in [0.4, 0.5) is 5.69 Å². The lowest BCUT2D eigenvalue weighted by molar-refractivity contribution is -0.115. The van der Waals surface area contributed by atoms with E-state index in [2.05, 4.69) is 26.6 Å². The topological polar surface area (TPSA) is 61.4 Å². The molecule has 21 heavy (non-hydrogen) atoms. The van der Waals surface area contributed by atoms with Crippen LogP contribution in [0.5, 0.6) is 0 Å². The number of carbonyl (C=O) groups is 1. The SMILES string of the molecule is O=C(CNCC1(O)CCCCCC1)Nc1cccc(Br)c1. The number of nitrogens with one attached hydrogen (secondary N) is 2. The van der Waals surface area contributed by atoms with E-state index in [0.29, 0.717) is 6.54 Å². The Morgan fingerprint density at radius 1 is 1.24 bits per heavy atom. The first-order valence-corrected chi connectivity index (χ1v) is 8.35. The van der Waals surface area contributed by atoms with E-state index in [4.69, 9.17) is 0 Å². The highest BCUT2D eigenvalue weighted by atomic mass is 79.9. The molecule has 0 unspecified atom stereocenters. The Kier molecular flexibility index (Phi) is 6.21. The molecule has 0 atom stereocenters. The number of hydrogen-bond donors (Lipinski definition) is 3. The molecule has 0 radical (unpaired) electrons. The standard InChI is InChI=1S/C16H23BrN2O2/c17-13-6-5-7-14(10-13)19-15(20)11-18-12-16(21)8-3-1-2-4-9-16/h5-7,10,18,21H,1-4,8-9,11-12H2,(H,19,20). The lowest BCUT2D eigenvalue weighted by Crippen LogP contribution is -2.42. The van der Waals surface area contributed by atoms with Crippen LogP contribution in [0.3, 0.4) is 0 Å². The maximum atomic E-state index is 11.9. The number of carbonyl (C=O) groups excluding carboxylic acids is 1. The molecule has 1 aliphatic carbocycles. The molecule has 1 aliphatic rings. The zero-order valence-electron chi connectivity index (χ0n) is 12.2. The van der Waals surface area contributed by atoms with Gasteiger partial charge in [0.15, 0.2) is 0 Å². The van der Waals surface area contributed by atoms with Gasteiger partial charge in [-0.1, -0.05) is 47.7 Å². The summed E-state index contributed by atoms with van der Waals surface area (Å²) < 4.78 is 0.932. The minimum atomic E-state index is -0.646. The van der Waals surface area contributed by atoms with Crippen molar-refractivity contribution < 1.29 is 9.90 Å². The fourth-order valence-corrected chi connectivity index (χ4v) is 3.14. The zero-order chi connectivity index (χ0) is 15.1. The molecule has 4 nitrogen and oxygen atoms in total. The van der Waals surface area contributed by atoms with E-state index < -0.39 is 5.60 Å². The van der Waals surface area contributed by atoms with Gasteiger partial charge in [-0.15, -0.1) is 0 Å². The van der Waals surface area contributed by atoms with Gasteiger partial charge in [-0.25, -0.2) is 0 Å². The zero-order valence-corrected chi connectivity index (χ0v) is 13.8. The number of anilines is 1. The summed E-state index contributed by atoms with van der Waals surface area (Å²) in [6.45, 7) is 0.702. The van der Waals surface area contributed by atoms with Crippen molar-refractivity contribution in [2.45, 2.75) is 44.1 Å². The molecule has 0 aromatic heterocycles. The van der Waals surface area contributed by atoms with Crippen molar-refractivity contribution in [2.75, 3.05) is 18.4 Å². The summed E-state index contributed by atoms with van der Waals surface area (Å²) in [4.78, 5) is 11.9. The van der Waals surface area contributed by atoms with Crippen LogP contribution >= 0.6 is 15.9 Å². The second-order valence-electron chi connectivity index (χ2n) is 5.80. The summed E-state index contributed by atoms with van der Waals surface area (Å²) in [6.07, 6.45) is 6.20. The van der Waals surface area contributed by atoms with E-state index in [1.807, 2.05) is 24.3 Å². The third kappa shape index (κ3) is 5.77. The maximum absolute atomic E-state index is 11.9. The van der Waals surface area contributed by atoms with Gasteiger partial charge in [0.2, 0.25) is 5.91 Å². The van der Waals surface area contributed by atoms with E-state index in [1.54, 1.807) is 0 Å². The van der Waals surface area contributed by atoms with Crippen molar-refractivity contribution in [1.29, 1.82) is 0 Å². The molecular weight excluding hydrogens is 332 g/mol. The van der Waals surface area contributed by atoms with Crippen LogP contribution in [0.25, 0.3) is 0 Å². The molecule has 0 heterocycles. The molecule has 1 aromatic rings. The molecule has 5 heteroatoms. The van der Waals surface area contributed by atoms with Gasteiger partial charge >= 0.3 is 0 Å². The minimum absolute atomic E-state index is 0.0923. The number of rotatable bonds is 5. The summed E-state index contributed by atoms with van der Waals surface area (Å²) in [5, 5.41) is 16.4. The Morgan fingerprint density at radius 2 is 1.95 bits per heavy atom. The lowest BCUT2D eigenvalue weighted by Gasteiger charge is -2.26. The van der Waals surface area contributed by atoms with Crippen molar-refractivity contribution in [3.05, 3.63) is 28.7 Å². The fraction of sp³-hybridized carbons (Fsp3) is 0.562. The fourth-order valence-electron chi connectivity index (χ4n) is 2.74. The van der Waals surface area contributed by atoms with Crippen molar-refractivity contribution >= 4 is 27.5 Å². The van der Waals surface area contributed by atoms with E-state index in [1.165, 1.54) is 12.8 Å². The van der Waals surface area contributed by atoms with Crippen LogP contribution in [-0.4, -0.2) is 29.7 Å². The Balaban J connectivity index is 1.73. The number of benzene rings is 1. The first-order chi connectivity index (χ1) is 10.1. The Labute approximate surface area is 134 Å². The van der Waals surface area contributed by atoms with Crippen molar-refractivity contribution in [3.8, 4) is 0 Å². The van der Waals surface area contributed by atoms with Gasteiger partial charge in [0.05, 0.1) is 12.1 Å². The number of hydrogen-bond acceptors (Lipinski definition) is 3. The molecule has 1 aromatic carbocycles. The van der Waals surface area contributed by atoms with E-state index >= 15 is 0 Å². The summed E-state index contributed by atoms with van der Waals surface area (Å²) >= 11 is 3.37. The highest BCUT2D eigenvalue weighted by molar-refractivity contribution is 9.10. The minimum Gasteiger partial charge on any atom is -0.389 e. The number of amides is 1. The second-order valence-corrected chi connectivity index (χ2v) is 6.72. The Morgan fingerprint density at radius 3 is 2.62 bits per heavy atom. The molecule has 1 amide bonds. The second kappa shape index (κ2) is 7.92. The average molecular weight is 355 g/mol. The van der Waals surface area contributed by atoms with Gasteiger partial charge in [0.25, 0.3) is 0 Å². The van der Waals surface area contributed by atoms with Gasteiger partial charge < -0.3 is 15.7 Å². The molecule has 0 saturated heterocycles. The summed E-state index contributed by atoms with van der Waals surface area (Å²) in [7, 11) is 0. The third-order valence-electron chi connectivity index (χ3n) is 3.88. The molecule has 3 N–H and O–H groups in total. The number of aliphatic hydroxyl groups is 1. The summed E-state index contributed by atoms with van der Waals surface area (Å²) in [6, 6.07) is 7.50. The van der Waals surface area contributed by atoms with Crippen LogP contribution in [0, 0.1) is 0 Å². The molecule has 116 valence electrons. The molecule has 1 saturated carbocycles. The van der Waals surface area contributed by atoms with Gasteiger partial charge in [-0.2, -0.15) is 0 Å². The predicted molar refractivity (Wildman–Crippen MR) is 88.3 cm³/mol. The molecule has 0 bridgehead atoms. The lowest BCUT2D eigenvalue weighted by atomic mass is 9.94. The number of halogens is 1. The first-order valence-electron chi connectivity index (χ1n) is 7.56. The summed E-state index contributed by atoms with van der Waals surface area (Å²) in [5.74, 6) is -0.0923. The molecule has 0 aliphatic heterocycles. The first kappa shape index (κ1) is 16.5. The normalized spacial score (nSPS) is 18.0. The largest absolute Gasteiger partial charge is 0.389 e. The third-order valence-corrected chi connectivity index (χ3v) is 4.38. The van der Waals surface area contributed by atoms with E-state index in [-0.39, 0.29) is 12.5 Å². The molecular formula is C16H23BrN2O2. The summed E-state index contributed by atoms with van der Waals surface area (Å²) in [5.41, 5.74) is 0.122. The average Bonchev–Trinajstić information content (AvgIpc) is 2.64. The smallest absolute Gasteiger partial charge is 0.238 e. The van der Waals surface area contributed by atoms with Gasteiger partial charge in [0, 0.05) is 16.7 Å². The highest BCUT2D eigenvalue weighted by Gasteiger charge is 2.27. The maximum Gasteiger partial charge on any atom is 0.238 e. The van der Waals surface area contributed by atoms with Crippen molar-refractivity contribution in [1.82, 2.24) is 5.32 Å². The van der Waals surface area contributed by atoms with Crippen molar-refractivity contribution in [3.63, 3.8) is 0 Å². The molecule has 0 spiro atoms. The van der Waals surface area contributed by atoms with Crippen LogP contribution in [0.15, 0.2) is 28.7 Å². The predicted octanol–water partition coefficient (Wildman–Crippen LogP) is 3.06. The monoisotopic (exact) mass is 354 g/mol. The van der Waals surface area contributed by atoms with Crippen LogP contribution in [0.1, 0.15) is 38.5 Å². The quantitative estimate of drug-likeness (QED) is 0.712. The molecule has 2 rings (SSSR count). The van der Waals surface area contributed by atoms with E-state index in [0.717, 1.165) is 35.8 Å². The van der Waals surface area contributed by atoms with Crippen LogP contribution in [-0.2, 0) is 4.79 Å². The van der Waals surface area contributed by atoms with Crippen molar-refractivity contribution in [2.24, 2.45) is 0 Å². The Bertz CT molecular complexity index is 471. The Hall–Kier alpha value is -0.910.